The molecule has 0 aromatic heterocycles. The van der Waals surface area contributed by atoms with Crippen LogP contribution in [0.2, 0.25) is 0 Å². The lowest BCUT2D eigenvalue weighted by Gasteiger charge is -2.32. The average molecular weight is 223 g/mol. The van der Waals surface area contributed by atoms with Crippen molar-refractivity contribution in [3.8, 4) is 0 Å². The Morgan fingerprint density at radius 2 is 1.71 bits per heavy atom. The first kappa shape index (κ1) is 11.4. The minimum Gasteiger partial charge on any atom is -0.480 e. The van der Waals surface area contributed by atoms with Gasteiger partial charge in [-0.3, -0.25) is 9.35 Å². The molecule has 0 amide bonds. The summed E-state index contributed by atoms with van der Waals surface area (Å²) in [5, 5.41) is 8.91. The quantitative estimate of drug-likeness (QED) is 0.591. The second-order valence-electron chi connectivity index (χ2n) is 3.53. The summed E-state index contributed by atoms with van der Waals surface area (Å²) >= 11 is 0. The molecular formula is C7H13NO5S. The van der Waals surface area contributed by atoms with E-state index in [0.29, 0.717) is 12.8 Å². The van der Waals surface area contributed by atoms with E-state index in [1.54, 1.807) is 4.72 Å². The maximum Gasteiger partial charge on any atom is 0.334 e. The Balaban J connectivity index is 2.87. The highest BCUT2D eigenvalue weighted by Gasteiger charge is 2.42. The number of rotatable bonds is 3. The van der Waals surface area contributed by atoms with Gasteiger partial charge in [0, 0.05) is 0 Å². The van der Waals surface area contributed by atoms with Crippen LogP contribution in [0.25, 0.3) is 0 Å². The minimum absolute atomic E-state index is 0.224. The Kier molecular flexibility index (Phi) is 3.13. The fourth-order valence-corrected chi connectivity index (χ4v) is 2.55. The summed E-state index contributed by atoms with van der Waals surface area (Å²) in [7, 11) is -4.46. The van der Waals surface area contributed by atoms with Gasteiger partial charge in [0.25, 0.3) is 0 Å². The SMILES string of the molecule is O=C(O)C1(NS(=O)(=O)O)CCCCC1. The van der Waals surface area contributed by atoms with Gasteiger partial charge in [-0.2, -0.15) is 13.1 Å². The highest BCUT2D eigenvalue weighted by atomic mass is 32.2. The van der Waals surface area contributed by atoms with Crippen molar-refractivity contribution in [3.05, 3.63) is 0 Å². The molecule has 0 aromatic carbocycles. The molecule has 0 unspecified atom stereocenters. The van der Waals surface area contributed by atoms with Crippen molar-refractivity contribution < 1.29 is 22.9 Å². The van der Waals surface area contributed by atoms with Crippen LogP contribution in [0.1, 0.15) is 32.1 Å². The van der Waals surface area contributed by atoms with Gasteiger partial charge in [0.1, 0.15) is 5.54 Å². The fraction of sp³-hybridized carbons (Fsp3) is 0.857. The molecule has 0 atom stereocenters. The molecule has 1 fully saturated rings. The standard InChI is InChI=1S/C7H13NO5S/c9-6(10)7(8-14(11,12)13)4-2-1-3-5-7/h8H,1-5H2,(H,9,10)(H,11,12,13). The summed E-state index contributed by atoms with van der Waals surface area (Å²) in [4.78, 5) is 10.9. The Morgan fingerprint density at radius 3 is 2.07 bits per heavy atom. The van der Waals surface area contributed by atoms with Crippen molar-refractivity contribution in [1.82, 2.24) is 4.72 Å². The van der Waals surface area contributed by atoms with E-state index in [1.165, 1.54) is 0 Å². The number of aliphatic carboxylic acids is 1. The zero-order valence-electron chi connectivity index (χ0n) is 7.56. The molecule has 0 spiro atoms. The molecule has 7 heteroatoms. The van der Waals surface area contributed by atoms with Crippen molar-refractivity contribution in [2.24, 2.45) is 0 Å². The van der Waals surface area contributed by atoms with Crippen molar-refractivity contribution >= 4 is 16.3 Å². The summed E-state index contributed by atoms with van der Waals surface area (Å²) in [5.74, 6) is -1.23. The zero-order chi connectivity index (χ0) is 10.8. The van der Waals surface area contributed by atoms with Gasteiger partial charge in [-0.25, -0.2) is 0 Å². The topological polar surface area (TPSA) is 104 Å². The lowest BCUT2D eigenvalue weighted by Crippen LogP contribution is -2.55. The second kappa shape index (κ2) is 3.84. The summed E-state index contributed by atoms with van der Waals surface area (Å²) in [5.41, 5.74) is -1.51. The third kappa shape index (κ3) is 2.66. The summed E-state index contributed by atoms with van der Waals surface area (Å²) in [6.45, 7) is 0. The van der Waals surface area contributed by atoms with Crippen molar-refractivity contribution in [1.29, 1.82) is 0 Å². The number of carbonyl (C=O) groups is 1. The fourth-order valence-electron chi connectivity index (χ4n) is 1.76. The number of hydrogen-bond acceptors (Lipinski definition) is 3. The first-order chi connectivity index (χ1) is 6.36. The third-order valence-electron chi connectivity index (χ3n) is 2.44. The Bertz CT molecular complexity index is 317. The smallest absolute Gasteiger partial charge is 0.334 e. The normalized spacial score (nSPS) is 21.8. The van der Waals surface area contributed by atoms with Crippen LogP contribution in [-0.4, -0.2) is 29.6 Å². The second-order valence-corrected chi connectivity index (χ2v) is 4.68. The van der Waals surface area contributed by atoms with E-state index >= 15 is 0 Å². The van der Waals surface area contributed by atoms with Gasteiger partial charge in [-0.15, -0.1) is 0 Å². The predicted molar refractivity (Wildman–Crippen MR) is 48.1 cm³/mol. The first-order valence-corrected chi connectivity index (χ1v) is 5.79. The van der Waals surface area contributed by atoms with E-state index in [1.807, 2.05) is 0 Å². The number of carboxylic acid groups (broad SMARTS) is 1. The monoisotopic (exact) mass is 223 g/mol. The van der Waals surface area contributed by atoms with Crippen LogP contribution in [0.4, 0.5) is 0 Å². The predicted octanol–water partition coefficient (Wildman–Crippen LogP) is 0.166. The van der Waals surface area contributed by atoms with E-state index in [4.69, 9.17) is 9.66 Å². The molecule has 3 N–H and O–H groups in total. The van der Waals surface area contributed by atoms with Crippen LogP contribution >= 0.6 is 0 Å². The Labute approximate surface area is 82.2 Å². The van der Waals surface area contributed by atoms with E-state index in [9.17, 15) is 13.2 Å². The van der Waals surface area contributed by atoms with Gasteiger partial charge in [-0.1, -0.05) is 19.3 Å². The van der Waals surface area contributed by atoms with Crippen LogP contribution in [0.3, 0.4) is 0 Å². The molecular weight excluding hydrogens is 210 g/mol. The zero-order valence-corrected chi connectivity index (χ0v) is 8.38. The highest BCUT2D eigenvalue weighted by Crippen LogP contribution is 2.28. The van der Waals surface area contributed by atoms with E-state index < -0.39 is 21.8 Å². The van der Waals surface area contributed by atoms with E-state index in [2.05, 4.69) is 0 Å². The molecule has 82 valence electrons. The maximum absolute atomic E-state index is 10.9. The maximum atomic E-state index is 10.9. The van der Waals surface area contributed by atoms with Gasteiger partial charge in [0.2, 0.25) is 0 Å². The highest BCUT2D eigenvalue weighted by molar-refractivity contribution is 7.83. The molecule has 1 saturated carbocycles. The van der Waals surface area contributed by atoms with Crippen LogP contribution < -0.4 is 4.72 Å². The average Bonchev–Trinajstić information content (AvgIpc) is 2.02. The molecule has 0 aromatic rings. The van der Waals surface area contributed by atoms with Gasteiger partial charge < -0.3 is 5.11 Å². The van der Waals surface area contributed by atoms with Gasteiger partial charge in [-0.05, 0) is 12.8 Å². The van der Waals surface area contributed by atoms with Gasteiger partial charge >= 0.3 is 16.3 Å². The van der Waals surface area contributed by atoms with Gasteiger partial charge in [0.05, 0.1) is 0 Å². The van der Waals surface area contributed by atoms with Crippen molar-refractivity contribution in [3.63, 3.8) is 0 Å². The third-order valence-corrected chi connectivity index (χ3v) is 3.09. The van der Waals surface area contributed by atoms with Crippen molar-refractivity contribution in [2.75, 3.05) is 0 Å². The molecule has 0 bridgehead atoms. The molecule has 1 aliphatic rings. The summed E-state index contributed by atoms with van der Waals surface area (Å²) < 4.78 is 31.6. The molecule has 0 heterocycles. The van der Waals surface area contributed by atoms with E-state index in [0.717, 1.165) is 6.42 Å². The van der Waals surface area contributed by atoms with Crippen LogP contribution in [0, 0.1) is 0 Å². The van der Waals surface area contributed by atoms with Crippen molar-refractivity contribution in [2.45, 2.75) is 37.6 Å². The van der Waals surface area contributed by atoms with Gasteiger partial charge in [0.15, 0.2) is 0 Å². The number of hydrogen-bond donors (Lipinski definition) is 3. The number of carboxylic acids is 1. The summed E-state index contributed by atoms with van der Waals surface area (Å²) in [6, 6.07) is 0. The lowest BCUT2D eigenvalue weighted by atomic mass is 9.83. The molecule has 1 aliphatic carbocycles. The lowest BCUT2D eigenvalue weighted by molar-refractivity contribution is -0.145. The Hall–Kier alpha value is -0.660. The molecule has 0 saturated heterocycles. The molecule has 0 aliphatic heterocycles. The number of nitrogens with one attached hydrogen (secondary N) is 1. The van der Waals surface area contributed by atoms with Crippen LogP contribution in [-0.2, 0) is 15.1 Å². The molecule has 6 nitrogen and oxygen atoms in total. The van der Waals surface area contributed by atoms with Crippen LogP contribution in [0.15, 0.2) is 0 Å². The summed E-state index contributed by atoms with van der Waals surface area (Å²) in [6.07, 6.45) is 2.63. The van der Waals surface area contributed by atoms with Crippen LogP contribution in [0.5, 0.6) is 0 Å². The molecule has 1 rings (SSSR count). The Morgan fingerprint density at radius 1 is 1.21 bits per heavy atom. The molecule has 14 heavy (non-hydrogen) atoms. The molecule has 0 radical (unpaired) electrons. The largest absolute Gasteiger partial charge is 0.480 e. The minimum atomic E-state index is -4.46. The van der Waals surface area contributed by atoms with E-state index in [-0.39, 0.29) is 12.8 Å². The first-order valence-electron chi connectivity index (χ1n) is 4.35.